The van der Waals surface area contributed by atoms with Gasteiger partial charge in [-0.1, -0.05) is 24.3 Å². The molecular formula is C18H29N2O6S+. The molecule has 152 valence electrons. The standard InChI is InChI=1S/C18H28N2O6S/c1-20(2,12-17(22)14-27(24,25)26)11-3-10-19-18(23)9-8-15-4-6-16(13-21)7-5-15/h4-9,17,21-22H,3,10-14H2,1-2H3,(H-,19,23,24,25,26)/p+1/b9-8+. The Hall–Kier alpha value is -1.78. The molecule has 0 fully saturated rings. The molecule has 0 bridgehead atoms. The van der Waals surface area contributed by atoms with Gasteiger partial charge in [0.2, 0.25) is 5.91 Å². The zero-order valence-corrected chi connectivity index (χ0v) is 16.5. The molecule has 27 heavy (non-hydrogen) atoms. The zero-order valence-electron chi connectivity index (χ0n) is 15.7. The minimum Gasteiger partial charge on any atom is -0.392 e. The first-order valence-corrected chi connectivity index (χ1v) is 10.2. The highest BCUT2D eigenvalue weighted by molar-refractivity contribution is 7.85. The Balaban J connectivity index is 2.32. The van der Waals surface area contributed by atoms with Crippen LogP contribution >= 0.6 is 0 Å². The molecule has 0 saturated carbocycles. The Kier molecular flexibility index (Phi) is 9.07. The van der Waals surface area contributed by atoms with E-state index in [0.717, 1.165) is 11.1 Å². The van der Waals surface area contributed by atoms with Crippen molar-refractivity contribution >= 4 is 22.1 Å². The van der Waals surface area contributed by atoms with Gasteiger partial charge in [0.15, 0.2) is 0 Å². The summed E-state index contributed by atoms with van der Waals surface area (Å²) in [5, 5.41) is 21.5. The minimum absolute atomic E-state index is 0.0216. The maximum absolute atomic E-state index is 11.8. The van der Waals surface area contributed by atoms with Gasteiger partial charge in [0.05, 0.1) is 27.2 Å². The second kappa shape index (κ2) is 10.5. The minimum atomic E-state index is -4.20. The molecule has 0 saturated heterocycles. The average molecular weight is 402 g/mol. The fraction of sp³-hybridized carbons (Fsp3) is 0.500. The van der Waals surface area contributed by atoms with Crippen molar-refractivity contribution in [2.24, 2.45) is 0 Å². The van der Waals surface area contributed by atoms with Crippen molar-refractivity contribution in [3.05, 3.63) is 41.5 Å². The highest BCUT2D eigenvalue weighted by atomic mass is 32.2. The van der Waals surface area contributed by atoms with Crippen LogP contribution in [0.4, 0.5) is 0 Å². The van der Waals surface area contributed by atoms with Crippen LogP contribution in [0.25, 0.3) is 6.08 Å². The summed E-state index contributed by atoms with van der Waals surface area (Å²) in [5.74, 6) is -0.909. The number of benzene rings is 1. The SMILES string of the molecule is C[N+](C)(CCCNC(=O)/C=C/c1ccc(CO)cc1)CC(O)CS(=O)(=O)O. The topological polar surface area (TPSA) is 124 Å². The fourth-order valence-electron chi connectivity index (χ4n) is 2.64. The number of rotatable bonds is 11. The number of likely N-dealkylation sites (N-methyl/N-ethyl adjacent to an activating group) is 1. The maximum Gasteiger partial charge on any atom is 0.267 e. The molecule has 0 aliphatic rings. The van der Waals surface area contributed by atoms with E-state index in [2.05, 4.69) is 5.32 Å². The average Bonchev–Trinajstić information content (AvgIpc) is 2.55. The lowest BCUT2D eigenvalue weighted by atomic mass is 10.1. The third-order valence-electron chi connectivity index (χ3n) is 3.94. The van der Waals surface area contributed by atoms with Gasteiger partial charge in [-0.2, -0.15) is 8.42 Å². The van der Waals surface area contributed by atoms with Crippen LogP contribution in [0.5, 0.6) is 0 Å². The van der Waals surface area contributed by atoms with Gasteiger partial charge in [-0.25, -0.2) is 0 Å². The molecule has 1 aromatic rings. The summed E-state index contributed by atoms with van der Waals surface area (Å²) in [6.45, 7) is 1.22. The van der Waals surface area contributed by atoms with Crippen molar-refractivity contribution < 1.29 is 32.5 Å². The Bertz CT molecular complexity index is 729. The van der Waals surface area contributed by atoms with Gasteiger partial charge >= 0.3 is 0 Å². The molecule has 1 atom stereocenters. The number of nitrogens with zero attached hydrogens (tertiary/aromatic N) is 1. The lowest BCUT2D eigenvalue weighted by Gasteiger charge is -2.31. The van der Waals surface area contributed by atoms with E-state index in [1.807, 2.05) is 26.2 Å². The summed E-state index contributed by atoms with van der Waals surface area (Å²) in [7, 11) is -0.526. The lowest BCUT2D eigenvalue weighted by molar-refractivity contribution is -0.893. The van der Waals surface area contributed by atoms with E-state index in [0.29, 0.717) is 24.0 Å². The van der Waals surface area contributed by atoms with Crippen LogP contribution in [0.15, 0.2) is 30.3 Å². The molecule has 0 heterocycles. The molecular weight excluding hydrogens is 372 g/mol. The second-order valence-corrected chi connectivity index (χ2v) is 8.62. The molecule has 1 aromatic carbocycles. The van der Waals surface area contributed by atoms with Crippen molar-refractivity contribution in [3.63, 3.8) is 0 Å². The van der Waals surface area contributed by atoms with Crippen molar-refractivity contribution in [1.82, 2.24) is 5.32 Å². The summed E-state index contributed by atoms with van der Waals surface area (Å²) in [5.41, 5.74) is 1.66. The third kappa shape index (κ3) is 10.8. The summed E-state index contributed by atoms with van der Waals surface area (Å²) >= 11 is 0. The van der Waals surface area contributed by atoms with Crippen LogP contribution in [0.1, 0.15) is 17.5 Å². The van der Waals surface area contributed by atoms with E-state index in [4.69, 9.17) is 9.66 Å². The van der Waals surface area contributed by atoms with Gasteiger partial charge in [-0.05, 0) is 17.2 Å². The van der Waals surface area contributed by atoms with E-state index in [9.17, 15) is 18.3 Å². The third-order valence-corrected chi connectivity index (χ3v) is 4.74. The monoisotopic (exact) mass is 401 g/mol. The molecule has 1 rings (SSSR count). The van der Waals surface area contributed by atoms with Crippen LogP contribution in [0.3, 0.4) is 0 Å². The normalized spacial score (nSPS) is 13.7. The Labute approximate surface area is 160 Å². The second-order valence-electron chi connectivity index (χ2n) is 7.12. The number of aliphatic hydroxyl groups is 2. The summed E-state index contributed by atoms with van der Waals surface area (Å²) in [6, 6.07) is 7.20. The predicted octanol–water partition coefficient (Wildman–Crippen LogP) is 0.0235. The molecule has 4 N–H and O–H groups in total. The first kappa shape index (κ1) is 23.3. The largest absolute Gasteiger partial charge is 0.392 e. The molecule has 0 aliphatic heterocycles. The van der Waals surface area contributed by atoms with Crippen LogP contribution in [-0.2, 0) is 21.5 Å². The Morgan fingerprint density at radius 3 is 2.44 bits per heavy atom. The number of hydrogen-bond acceptors (Lipinski definition) is 5. The first-order chi connectivity index (χ1) is 12.5. The van der Waals surface area contributed by atoms with Gasteiger partial charge < -0.3 is 20.0 Å². The molecule has 9 heteroatoms. The lowest BCUT2D eigenvalue weighted by Crippen LogP contribution is -2.48. The number of amides is 1. The van der Waals surface area contributed by atoms with Crippen LogP contribution in [0, 0.1) is 0 Å². The van der Waals surface area contributed by atoms with E-state index in [1.54, 1.807) is 18.2 Å². The maximum atomic E-state index is 11.8. The number of carbonyl (C=O) groups excluding carboxylic acids is 1. The van der Waals surface area contributed by atoms with E-state index in [-0.39, 0.29) is 19.1 Å². The molecule has 8 nitrogen and oxygen atoms in total. The summed E-state index contributed by atoms with van der Waals surface area (Å²) in [6.07, 6.45) is 2.62. The first-order valence-electron chi connectivity index (χ1n) is 8.62. The number of aliphatic hydroxyl groups excluding tert-OH is 2. The fourth-order valence-corrected chi connectivity index (χ4v) is 3.23. The molecule has 1 amide bonds. The van der Waals surface area contributed by atoms with Crippen LogP contribution in [-0.4, -0.2) is 79.2 Å². The Morgan fingerprint density at radius 2 is 1.89 bits per heavy atom. The van der Waals surface area contributed by atoms with Gasteiger partial charge in [-0.3, -0.25) is 9.35 Å². The van der Waals surface area contributed by atoms with E-state index < -0.39 is 22.0 Å². The quantitative estimate of drug-likeness (QED) is 0.179. The molecule has 0 aliphatic carbocycles. The van der Waals surface area contributed by atoms with Crippen molar-refractivity contribution in [2.45, 2.75) is 19.1 Å². The number of nitrogens with one attached hydrogen (secondary N) is 1. The van der Waals surface area contributed by atoms with E-state index >= 15 is 0 Å². The van der Waals surface area contributed by atoms with Gasteiger partial charge in [-0.15, -0.1) is 0 Å². The highest BCUT2D eigenvalue weighted by Crippen LogP contribution is 2.06. The van der Waals surface area contributed by atoms with Crippen molar-refractivity contribution in [3.8, 4) is 0 Å². The van der Waals surface area contributed by atoms with Gasteiger partial charge in [0, 0.05) is 19.0 Å². The Morgan fingerprint density at radius 1 is 1.26 bits per heavy atom. The van der Waals surface area contributed by atoms with Crippen molar-refractivity contribution in [1.29, 1.82) is 0 Å². The molecule has 0 radical (unpaired) electrons. The van der Waals surface area contributed by atoms with E-state index in [1.165, 1.54) is 6.08 Å². The summed E-state index contributed by atoms with van der Waals surface area (Å²) in [4.78, 5) is 11.8. The van der Waals surface area contributed by atoms with Crippen LogP contribution < -0.4 is 5.32 Å². The highest BCUT2D eigenvalue weighted by Gasteiger charge is 2.23. The van der Waals surface area contributed by atoms with Crippen molar-refractivity contribution in [2.75, 3.05) is 39.5 Å². The van der Waals surface area contributed by atoms with Gasteiger partial charge in [0.25, 0.3) is 10.1 Å². The number of quaternary nitrogens is 1. The molecule has 0 aromatic heterocycles. The number of carbonyl (C=O) groups is 1. The molecule has 0 spiro atoms. The van der Waals surface area contributed by atoms with Gasteiger partial charge in [0.1, 0.15) is 18.4 Å². The summed E-state index contributed by atoms with van der Waals surface area (Å²) < 4.78 is 30.7. The predicted molar refractivity (Wildman–Crippen MR) is 103 cm³/mol. The molecule has 1 unspecified atom stereocenters. The number of hydrogen-bond donors (Lipinski definition) is 4. The smallest absolute Gasteiger partial charge is 0.267 e. The van der Waals surface area contributed by atoms with Crippen LogP contribution in [0.2, 0.25) is 0 Å². The zero-order chi connectivity index (χ0) is 20.5.